The summed E-state index contributed by atoms with van der Waals surface area (Å²) >= 11 is 0. The summed E-state index contributed by atoms with van der Waals surface area (Å²) in [6.07, 6.45) is 0. The third-order valence-corrected chi connectivity index (χ3v) is 12.6. The molecule has 12 nitrogen and oxygen atoms in total. The number of carbonyl (C=O) groups is 4. The van der Waals surface area contributed by atoms with Crippen LogP contribution in [0.3, 0.4) is 0 Å². The van der Waals surface area contributed by atoms with Crippen molar-refractivity contribution in [2.75, 3.05) is 28.4 Å². The lowest BCUT2D eigenvalue weighted by Crippen LogP contribution is -2.30. The van der Waals surface area contributed by atoms with Crippen molar-refractivity contribution in [3.63, 3.8) is 0 Å². The van der Waals surface area contributed by atoms with Crippen LogP contribution in [0.4, 0.5) is 0 Å². The second kappa shape index (κ2) is 17.2. The van der Waals surface area contributed by atoms with Gasteiger partial charge in [0.2, 0.25) is 23.6 Å². The van der Waals surface area contributed by atoms with Crippen molar-refractivity contribution in [2.24, 2.45) is 44.6 Å². The molecular formula is C52H68N4O8. The molecule has 4 unspecified atom stereocenters. The lowest BCUT2D eigenvalue weighted by molar-refractivity contribution is 0.0989. The van der Waals surface area contributed by atoms with Crippen LogP contribution in [0.5, 0.6) is 23.0 Å². The van der Waals surface area contributed by atoms with Crippen molar-refractivity contribution < 1.29 is 38.1 Å². The van der Waals surface area contributed by atoms with Crippen LogP contribution in [0.25, 0.3) is 0 Å². The average Bonchev–Trinajstić information content (AvgIpc) is 3.15. The van der Waals surface area contributed by atoms with E-state index >= 15 is 0 Å². The molecule has 0 aliphatic heterocycles. The summed E-state index contributed by atoms with van der Waals surface area (Å²) in [5.74, 6) is -3.73. The fraction of sp³-hybridized carbons (Fsp3) is 0.462. The summed E-state index contributed by atoms with van der Waals surface area (Å²) in [5.41, 5.74) is 28.4. The van der Waals surface area contributed by atoms with Crippen LogP contribution < -0.4 is 41.9 Å². The van der Waals surface area contributed by atoms with Crippen LogP contribution in [0, 0.1) is 21.7 Å². The van der Waals surface area contributed by atoms with Crippen LogP contribution in [0.2, 0.25) is 0 Å². The molecule has 0 heterocycles. The van der Waals surface area contributed by atoms with Gasteiger partial charge in [-0.15, -0.1) is 0 Å². The molecule has 4 amide bonds. The quantitative estimate of drug-likeness (QED) is 0.134. The first kappa shape index (κ1) is 49.0. The van der Waals surface area contributed by atoms with Gasteiger partial charge in [-0.2, -0.15) is 0 Å². The number of benzene rings is 4. The van der Waals surface area contributed by atoms with Gasteiger partial charge < -0.3 is 41.9 Å². The normalized spacial score (nSPS) is 17.9. The molecule has 344 valence electrons. The molecule has 0 saturated carbocycles. The molecule has 8 N–H and O–H groups in total. The lowest BCUT2D eigenvalue weighted by atomic mass is 9.64. The molecule has 4 atom stereocenters. The Kier molecular flexibility index (Phi) is 13.1. The number of amides is 4. The summed E-state index contributed by atoms with van der Waals surface area (Å²) < 4.78 is 24.6. The van der Waals surface area contributed by atoms with Gasteiger partial charge in [0.1, 0.15) is 23.0 Å². The minimum atomic E-state index is -0.680. The molecule has 0 saturated heterocycles. The zero-order valence-corrected chi connectivity index (χ0v) is 40.5. The zero-order valence-electron chi connectivity index (χ0n) is 40.5. The SMILES string of the molecule is COc1cc(C(N)=O)c2cc1C(C(C)(C)C)c1cc(c(OC)cc1C(N)=O)C(C(C)(C)C)c1cc(c(OC)cc1C(N)=O)C(C(C)(C)C)c1cc(c(OC)cc1C(N)=O)C2C(C)(C)C. The Bertz CT molecular complexity index is 2180. The fourth-order valence-electron chi connectivity index (χ4n) is 10.3. The van der Waals surface area contributed by atoms with E-state index in [9.17, 15) is 19.2 Å². The van der Waals surface area contributed by atoms with Gasteiger partial charge in [-0.1, -0.05) is 107 Å². The van der Waals surface area contributed by atoms with Gasteiger partial charge >= 0.3 is 0 Å². The largest absolute Gasteiger partial charge is 0.496 e. The highest BCUT2D eigenvalue weighted by molar-refractivity contribution is 5.98. The van der Waals surface area contributed by atoms with E-state index in [2.05, 4.69) is 83.1 Å². The third-order valence-electron chi connectivity index (χ3n) is 12.6. The van der Waals surface area contributed by atoms with Crippen LogP contribution in [0.1, 0.15) is 193 Å². The second-order valence-corrected chi connectivity index (χ2v) is 21.4. The third kappa shape index (κ3) is 8.88. The number of nitrogens with two attached hydrogens (primary N) is 4. The molecular weight excluding hydrogens is 809 g/mol. The molecule has 1 aliphatic carbocycles. The van der Waals surface area contributed by atoms with Crippen molar-refractivity contribution in [2.45, 2.75) is 107 Å². The fourth-order valence-corrected chi connectivity index (χ4v) is 10.3. The Morgan fingerprint density at radius 1 is 0.328 bits per heavy atom. The first-order valence-electron chi connectivity index (χ1n) is 21.5. The average molecular weight is 877 g/mol. The molecule has 0 fully saturated rings. The maximum Gasteiger partial charge on any atom is 0.249 e. The number of fused-ring (bicyclic) bond motifs is 8. The van der Waals surface area contributed by atoms with Gasteiger partial charge in [0.25, 0.3) is 0 Å². The monoisotopic (exact) mass is 877 g/mol. The number of hydrogen-bond acceptors (Lipinski definition) is 8. The standard InChI is InChI=1S/C52H68N4O8/c1-49(2,3)41-25-17-34(38(62-14)21-29(25)45(53)57)43(51(7,8)9)27-19-36(40(64-16)23-31(27)47(55)59)44(52(10,11)12)28-20-35(39(63-15)24-32(28)48(56)60)42(50(4,5)6)26-18-33(41)37(61-13)22-30(26)46(54)58/h17-24,41-44H,1-16H3,(H2,53,57)(H2,54,58)(H2,55,59)(H2,56,60). The number of hydrogen-bond donors (Lipinski definition) is 4. The van der Waals surface area contributed by atoms with Gasteiger partial charge in [-0.3, -0.25) is 19.2 Å². The molecule has 4 aromatic rings. The Labute approximate surface area is 378 Å². The Morgan fingerprint density at radius 3 is 0.594 bits per heavy atom. The molecule has 0 radical (unpaired) electrons. The summed E-state index contributed by atoms with van der Waals surface area (Å²) in [5, 5.41) is 0. The molecule has 1 aliphatic rings. The Morgan fingerprint density at radius 2 is 0.484 bits per heavy atom. The van der Waals surface area contributed by atoms with E-state index in [-0.39, 0.29) is 22.3 Å². The molecule has 0 spiro atoms. The zero-order chi connectivity index (χ0) is 48.3. The molecule has 0 aromatic heterocycles. The Hall–Kier alpha value is -6.04. The van der Waals surface area contributed by atoms with Crippen LogP contribution in [0.15, 0.2) is 48.5 Å². The summed E-state index contributed by atoms with van der Waals surface area (Å²) in [6.45, 7) is 24.7. The van der Waals surface area contributed by atoms with Gasteiger partial charge in [-0.25, -0.2) is 0 Å². The Balaban J connectivity index is 2.28. The van der Waals surface area contributed by atoms with Crippen LogP contribution in [-0.2, 0) is 0 Å². The van der Waals surface area contributed by atoms with Gasteiger partial charge in [0.15, 0.2) is 0 Å². The highest BCUT2D eigenvalue weighted by atomic mass is 16.5. The van der Waals surface area contributed by atoms with E-state index in [0.29, 0.717) is 67.5 Å². The highest BCUT2D eigenvalue weighted by Gasteiger charge is 2.43. The van der Waals surface area contributed by atoms with E-state index in [1.165, 1.54) is 28.4 Å². The first-order valence-corrected chi connectivity index (χ1v) is 21.5. The van der Waals surface area contributed by atoms with Crippen molar-refractivity contribution in [1.29, 1.82) is 0 Å². The number of methoxy groups -OCH3 is 4. The van der Waals surface area contributed by atoms with Crippen LogP contribution in [-0.4, -0.2) is 52.1 Å². The topological polar surface area (TPSA) is 209 Å². The number of carbonyl (C=O) groups excluding carboxylic acids is 4. The number of rotatable bonds is 8. The van der Waals surface area contributed by atoms with E-state index in [1.54, 1.807) is 24.3 Å². The van der Waals surface area contributed by atoms with E-state index in [4.69, 9.17) is 41.9 Å². The van der Waals surface area contributed by atoms with E-state index in [1.807, 2.05) is 24.3 Å². The maximum absolute atomic E-state index is 13.8. The van der Waals surface area contributed by atoms with Crippen molar-refractivity contribution >= 4 is 23.6 Å². The summed E-state index contributed by atoms with van der Waals surface area (Å²) in [7, 11) is 6.10. The van der Waals surface area contributed by atoms with Crippen molar-refractivity contribution in [3.05, 3.63) is 115 Å². The number of primary amides is 4. The minimum absolute atomic E-state index is 0.218. The molecule has 64 heavy (non-hydrogen) atoms. The lowest BCUT2D eigenvalue weighted by Gasteiger charge is -2.40. The maximum atomic E-state index is 13.8. The molecule has 5 rings (SSSR count). The number of ether oxygens (including phenoxy) is 4. The molecule has 8 bridgehead atoms. The summed E-state index contributed by atoms with van der Waals surface area (Å²) in [4.78, 5) is 55.1. The van der Waals surface area contributed by atoms with Crippen molar-refractivity contribution in [3.8, 4) is 23.0 Å². The minimum Gasteiger partial charge on any atom is -0.496 e. The van der Waals surface area contributed by atoms with Gasteiger partial charge in [0.05, 0.1) is 28.4 Å². The molecule has 4 aromatic carbocycles. The predicted octanol–water partition coefficient (Wildman–Crippen LogP) is 9.14. The highest BCUT2D eigenvalue weighted by Crippen LogP contribution is 2.56. The van der Waals surface area contributed by atoms with Crippen molar-refractivity contribution in [1.82, 2.24) is 0 Å². The van der Waals surface area contributed by atoms with Gasteiger partial charge in [0, 0.05) is 68.2 Å². The first-order chi connectivity index (χ1) is 29.4. The van der Waals surface area contributed by atoms with E-state index in [0.717, 1.165) is 0 Å². The predicted molar refractivity (Wildman–Crippen MR) is 251 cm³/mol. The smallest absolute Gasteiger partial charge is 0.249 e. The molecule has 12 heteroatoms. The van der Waals surface area contributed by atoms with Crippen LogP contribution >= 0.6 is 0 Å². The van der Waals surface area contributed by atoms with Gasteiger partial charge in [-0.05, 0) is 68.2 Å². The second-order valence-electron chi connectivity index (χ2n) is 21.4. The van der Waals surface area contributed by atoms with E-state index < -0.39 is 69.0 Å². The summed E-state index contributed by atoms with van der Waals surface area (Å²) in [6, 6.07) is 14.5.